The summed E-state index contributed by atoms with van der Waals surface area (Å²) < 4.78 is 36.4. The summed E-state index contributed by atoms with van der Waals surface area (Å²) in [6.45, 7) is -0.995. The summed E-state index contributed by atoms with van der Waals surface area (Å²) >= 11 is 0. The molecule has 0 amide bonds. The van der Waals surface area contributed by atoms with Crippen LogP contribution >= 0.6 is 15.2 Å². The van der Waals surface area contributed by atoms with Crippen LogP contribution in [0, 0.1) is 0 Å². The first kappa shape index (κ1) is 26.6. The molecule has 3 heterocycles. The van der Waals surface area contributed by atoms with E-state index in [1.165, 1.54) is 0 Å². The molecule has 0 saturated carbocycles. The molecule has 17 heteroatoms. The van der Waals surface area contributed by atoms with Crippen LogP contribution in [0.3, 0.4) is 0 Å². The van der Waals surface area contributed by atoms with E-state index in [4.69, 9.17) is 14.5 Å². The van der Waals surface area contributed by atoms with Gasteiger partial charge >= 0.3 is 20.9 Å². The molecule has 1 fully saturated rings. The highest BCUT2D eigenvalue weighted by atomic mass is 31.2. The molecule has 0 aliphatic carbocycles. The SMILES string of the molecule is Cn1nc(Cn2c(=O)ccn([C@@H]3O[C@H](COP(=O)(O)CP(=O)(O)O)[C@H](O)C3O)c2=O)c2ccccc21. The van der Waals surface area contributed by atoms with E-state index in [0.29, 0.717) is 5.69 Å². The van der Waals surface area contributed by atoms with Gasteiger partial charge in [0.1, 0.15) is 18.3 Å². The van der Waals surface area contributed by atoms with Crippen LogP contribution < -0.4 is 11.2 Å². The maximum absolute atomic E-state index is 13.2. The molecule has 0 spiro atoms. The molecule has 1 aliphatic heterocycles. The third-order valence-electron chi connectivity index (χ3n) is 5.65. The van der Waals surface area contributed by atoms with Gasteiger partial charge in [-0.3, -0.25) is 27.7 Å². The number of aryl methyl sites for hydroxylation is 1. The average Bonchev–Trinajstić information content (AvgIpc) is 3.25. The summed E-state index contributed by atoms with van der Waals surface area (Å²) in [4.78, 5) is 53.1. The fourth-order valence-electron chi connectivity index (χ4n) is 3.99. The number of hydrogen-bond acceptors (Lipinski definition) is 9. The van der Waals surface area contributed by atoms with E-state index in [2.05, 4.69) is 9.62 Å². The molecule has 1 saturated heterocycles. The monoisotopic (exact) mass is 546 g/mol. The Labute approximate surface area is 202 Å². The highest BCUT2D eigenvalue weighted by Crippen LogP contribution is 2.55. The van der Waals surface area contributed by atoms with Crippen molar-refractivity contribution in [1.82, 2.24) is 18.9 Å². The largest absolute Gasteiger partial charge is 0.387 e. The number of fused-ring (bicyclic) bond motifs is 1. The molecule has 5 atom stereocenters. The van der Waals surface area contributed by atoms with Gasteiger partial charge in [-0.2, -0.15) is 5.10 Å². The van der Waals surface area contributed by atoms with Gasteiger partial charge in [0, 0.05) is 24.7 Å². The molecule has 4 rings (SSSR count). The number of hydrogen-bond donors (Lipinski definition) is 5. The first-order valence-corrected chi connectivity index (χ1v) is 14.1. The Morgan fingerprint density at radius 3 is 2.47 bits per heavy atom. The predicted octanol–water partition coefficient (Wildman–Crippen LogP) is -1.10. The maximum atomic E-state index is 13.2. The highest BCUT2D eigenvalue weighted by molar-refractivity contribution is 7.70. The number of aromatic nitrogens is 4. The lowest BCUT2D eigenvalue weighted by atomic mass is 10.1. The lowest BCUT2D eigenvalue weighted by Crippen LogP contribution is -2.43. The van der Waals surface area contributed by atoms with Crippen molar-refractivity contribution in [2.24, 2.45) is 7.05 Å². The number of benzene rings is 1. The second kappa shape index (κ2) is 9.78. The minimum Gasteiger partial charge on any atom is -0.387 e. The summed E-state index contributed by atoms with van der Waals surface area (Å²) in [5.74, 6) is -1.44. The Hall–Kier alpha value is -2.45. The van der Waals surface area contributed by atoms with Crippen LogP contribution in [0.25, 0.3) is 10.9 Å². The summed E-state index contributed by atoms with van der Waals surface area (Å²) in [5.41, 5.74) is -0.271. The molecule has 36 heavy (non-hydrogen) atoms. The third kappa shape index (κ3) is 5.44. The van der Waals surface area contributed by atoms with Crippen molar-refractivity contribution in [2.75, 3.05) is 12.5 Å². The van der Waals surface area contributed by atoms with Gasteiger partial charge in [0.25, 0.3) is 5.56 Å². The smallest absolute Gasteiger partial charge is 0.340 e. The molecule has 3 aromatic rings. The van der Waals surface area contributed by atoms with E-state index in [1.54, 1.807) is 23.9 Å². The molecule has 0 radical (unpaired) electrons. The van der Waals surface area contributed by atoms with Crippen LogP contribution in [0.4, 0.5) is 0 Å². The van der Waals surface area contributed by atoms with E-state index in [9.17, 15) is 33.8 Å². The summed E-state index contributed by atoms with van der Waals surface area (Å²) in [5, 5.41) is 25.9. The predicted molar refractivity (Wildman–Crippen MR) is 123 cm³/mol. The van der Waals surface area contributed by atoms with Crippen LogP contribution in [0.15, 0.2) is 46.1 Å². The third-order valence-corrected chi connectivity index (χ3v) is 9.11. The Morgan fingerprint density at radius 2 is 1.78 bits per heavy atom. The van der Waals surface area contributed by atoms with Gasteiger partial charge in [-0.1, -0.05) is 18.2 Å². The van der Waals surface area contributed by atoms with E-state index < -0.39 is 63.5 Å². The van der Waals surface area contributed by atoms with Crippen molar-refractivity contribution in [3.05, 3.63) is 63.1 Å². The van der Waals surface area contributed by atoms with Crippen molar-refractivity contribution in [2.45, 2.75) is 31.1 Å². The van der Waals surface area contributed by atoms with E-state index >= 15 is 0 Å². The first-order chi connectivity index (χ1) is 16.8. The van der Waals surface area contributed by atoms with Crippen molar-refractivity contribution < 1.29 is 43.3 Å². The zero-order valence-corrected chi connectivity index (χ0v) is 20.6. The fraction of sp³-hybridized carbons (Fsp3) is 0.421. The van der Waals surface area contributed by atoms with Gasteiger partial charge in [-0.25, -0.2) is 4.79 Å². The molecule has 2 aromatic heterocycles. The van der Waals surface area contributed by atoms with Crippen LogP contribution in [0.2, 0.25) is 0 Å². The van der Waals surface area contributed by atoms with E-state index in [0.717, 1.165) is 32.3 Å². The molecule has 1 aliphatic rings. The molecule has 1 aromatic carbocycles. The standard InChI is InChI=1S/C19H24N4O11P2/c1-21-13-5-3-2-4-11(13)12(20-21)8-23-15(24)6-7-22(19(23)27)18-17(26)16(25)14(34-18)9-33-36(31,32)10-35(28,29)30/h2-7,14,16-18,25-26H,8-10H2,1H3,(H,31,32)(H2,28,29,30)/t14-,16+,17?,18-/m1/s1. The summed E-state index contributed by atoms with van der Waals surface area (Å²) in [6, 6.07) is 8.30. The van der Waals surface area contributed by atoms with Crippen LogP contribution in [-0.2, 0) is 32.0 Å². The Bertz CT molecular complexity index is 1490. The van der Waals surface area contributed by atoms with Crippen LogP contribution in [0.1, 0.15) is 11.9 Å². The van der Waals surface area contributed by atoms with Crippen molar-refractivity contribution in [3.8, 4) is 0 Å². The van der Waals surface area contributed by atoms with Gasteiger partial charge in [0.15, 0.2) is 12.1 Å². The molecule has 5 N–H and O–H groups in total. The topological polar surface area (TPSA) is 216 Å². The number of aliphatic hydroxyl groups is 2. The number of nitrogens with zero attached hydrogens (tertiary/aromatic N) is 4. The molecule has 15 nitrogen and oxygen atoms in total. The van der Waals surface area contributed by atoms with Crippen LogP contribution in [-0.4, -0.2) is 74.6 Å². The normalized spacial score (nSPS) is 24.3. The quantitative estimate of drug-likeness (QED) is 0.213. The number of aliphatic hydroxyl groups excluding tert-OH is 2. The lowest BCUT2D eigenvalue weighted by Gasteiger charge is -2.19. The number of ether oxygens (including phenoxy) is 1. The molecular weight excluding hydrogens is 522 g/mol. The van der Waals surface area contributed by atoms with Gasteiger partial charge in [0.05, 0.1) is 24.4 Å². The number of rotatable bonds is 8. The Balaban J connectivity index is 1.58. The van der Waals surface area contributed by atoms with Crippen molar-refractivity contribution >= 4 is 26.1 Å². The second-order valence-electron chi connectivity index (χ2n) is 8.30. The van der Waals surface area contributed by atoms with Crippen molar-refractivity contribution in [3.63, 3.8) is 0 Å². The summed E-state index contributed by atoms with van der Waals surface area (Å²) in [6.07, 6.45) is -5.22. The average molecular weight is 546 g/mol. The van der Waals surface area contributed by atoms with Crippen LogP contribution in [0.5, 0.6) is 0 Å². The summed E-state index contributed by atoms with van der Waals surface area (Å²) in [7, 11) is -7.90. The van der Waals surface area contributed by atoms with Crippen molar-refractivity contribution in [1.29, 1.82) is 0 Å². The minimum atomic E-state index is -4.87. The zero-order valence-electron chi connectivity index (χ0n) is 18.8. The van der Waals surface area contributed by atoms with Gasteiger partial charge in [0.2, 0.25) is 0 Å². The molecular formula is C19H24N4O11P2. The lowest BCUT2D eigenvalue weighted by molar-refractivity contribution is -0.0530. The Kier molecular flexibility index (Phi) is 7.23. The zero-order chi connectivity index (χ0) is 26.4. The minimum absolute atomic E-state index is 0.187. The second-order valence-corrected chi connectivity index (χ2v) is 12.3. The molecule has 0 bridgehead atoms. The number of para-hydroxylation sites is 1. The molecule has 2 unspecified atom stereocenters. The van der Waals surface area contributed by atoms with E-state index in [-0.39, 0.29) is 6.54 Å². The first-order valence-electron chi connectivity index (χ1n) is 10.5. The Morgan fingerprint density at radius 1 is 1.08 bits per heavy atom. The highest BCUT2D eigenvalue weighted by Gasteiger charge is 2.45. The maximum Gasteiger partial charge on any atom is 0.340 e. The van der Waals surface area contributed by atoms with Gasteiger partial charge < -0.3 is 34.2 Å². The van der Waals surface area contributed by atoms with E-state index in [1.807, 2.05) is 12.1 Å². The molecule has 196 valence electrons. The van der Waals surface area contributed by atoms with Gasteiger partial charge in [-0.15, -0.1) is 0 Å². The fourth-order valence-corrected chi connectivity index (χ4v) is 6.56. The van der Waals surface area contributed by atoms with Gasteiger partial charge in [-0.05, 0) is 6.07 Å².